The van der Waals surface area contributed by atoms with Crippen LogP contribution in [0.1, 0.15) is 153 Å². The number of pyridine rings is 1. The van der Waals surface area contributed by atoms with Gasteiger partial charge in [-0.15, -0.1) is 0 Å². The van der Waals surface area contributed by atoms with Crippen LogP contribution in [0, 0.1) is 35.5 Å². The third-order valence-electron chi connectivity index (χ3n) is 21.0. The van der Waals surface area contributed by atoms with Gasteiger partial charge in [0.25, 0.3) is 0 Å². The Morgan fingerprint density at radius 2 is 1.05 bits per heavy atom. The van der Waals surface area contributed by atoms with Crippen molar-refractivity contribution in [1.29, 1.82) is 0 Å². The number of amides is 13. The Balaban J connectivity index is 1.10. The first-order chi connectivity index (χ1) is 55.8. The van der Waals surface area contributed by atoms with Crippen molar-refractivity contribution < 1.29 is 77.0 Å². The fraction of sp³-hybridized carbons (Fsp3) is 0.448. The van der Waals surface area contributed by atoms with Crippen molar-refractivity contribution in [2.24, 2.45) is 47.0 Å². The number of nitrogens with one attached hydrogen (secondary N) is 9. The molecule has 0 aliphatic carbocycles. The highest BCUT2D eigenvalue weighted by atomic mass is 35.5. The summed E-state index contributed by atoms with van der Waals surface area (Å²) < 4.78 is 0. The number of fused-ring (bicyclic) bond motifs is 1. The SMILES string of the molecule is CC(=O)N[C@H](Cc1ccc2ccccc2c1)C(=O)C[C@H](Cc1ccc(Cl)cc1)C(=O)N[C@H](Cc1cccnc1)C(=O)C[C@@H](CO)C(=O)N[C@@H](Cc1ccc(NC(=O)[C@H]2CC(=O)NC(=O)N2)cc1)C(=O)C[C@H](Cc1ccc(NC(N)=O)cc1)C(=O)N[C@@H](CC(C)C)C(=O)C[C@@H](CCCCCC(C)C)C(=O)N1CCC[C@H]1C(=O)N[C@H](C)C(N)=O. The summed E-state index contributed by atoms with van der Waals surface area (Å²) in [5.74, 6) is -13.5. The lowest BCUT2D eigenvalue weighted by Crippen LogP contribution is -2.56. The molecule has 0 spiro atoms. The number of benzene rings is 5. The first-order valence-electron chi connectivity index (χ1n) is 39.8. The predicted octanol–water partition coefficient (Wildman–Crippen LogP) is 7.32. The molecule has 0 radical (unpaired) electrons. The zero-order valence-corrected chi connectivity index (χ0v) is 67.7. The van der Waals surface area contributed by atoms with E-state index in [-0.39, 0.29) is 75.9 Å². The van der Waals surface area contributed by atoms with E-state index in [1.54, 1.807) is 48.5 Å². The highest BCUT2D eigenvalue weighted by Crippen LogP contribution is 2.29. The van der Waals surface area contributed by atoms with Gasteiger partial charge in [-0.1, -0.05) is 150 Å². The van der Waals surface area contributed by atoms with Gasteiger partial charge in [0.05, 0.1) is 43.1 Å². The Morgan fingerprint density at radius 3 is 1.61 bits per heavy atom. The number of aliphatic hydroxyl groups excluding tert-OH is 1. The van der Waals surface area contributed by atoms with Crippen LogP contribution in [0.2, 0.25) is 5.02 Å². The molecule has 11 atom stereocenters. The van der Waals surface area contributed by atoms with Crippen molar-refractivity contribution in [2.75, 3.05) is 23.8 Å². The topological polar surface area (TPSA) is 453 Å². The van der Waals surface area contributed by atoms with Crippen molar-refractivity contribution in [3.05, 3.63) is 173 Å². The van der Waals surface area contributed by atoms with Crippen LogP contribution >= 0.6 is 11.6 Å². The van der Waals surface area contributed by atoms with Gasteiger partial charge in [-0.2, -0.15) is 0 Å². The van der Waals surface area contributed by atoms with Gasteiger partial charge >= 0.3 is 12.1 Å². The maximum Gasteiger partial charge on any atom is 0.322 e. The Kier molecular flexibility index (Phi) is 34.6. The largest absolute Gasteiger partial charge is 0.396 e. The average molecular weight is 1630 g/mol. The normalized spacial score (nSPS) is 16.3. The molecule has 2 saturated heterocycles. The molecule has 30 heteroatoms. The molecule has 3 heterocycles. The van der Waals surface area contributed by atoms with Gasteiger partial charge in [0.2, 0.25) is 53.2 Å². The molecule has 2 fully saturated rings. The van der Waals surface area contributed by atoms with Gasteiger partial charge in [0.15, 0.2) is 23.1 Å². The van der Waals surface area contributed by atoms with Gasteiger partial charge in [-0.3, -0.25) is 72.6 Å². The Labute approximate surface area is 685 Å². The van der Waals surface area contributed by atoms with Crippen LogP contribution in [0.5, 0.6) is 0 Å². The number of likely N-dealkylation sites (tertiary alicyclic amines) is 1. The standard InChI is InChI=1S/C87H108ClN13O16/c1-50(2)14-8-7-9-18-61(85(115)101-35-13-19-73(101)84(114)92-52(5)79(89)109)43-74(104)68(36-51(3)4)96-80(110)63(38-55-23-32-67(33-24-55)95-86(90)116)45-76(106)70(40-56-25-30-66(31-26-56)94-83(113)72-47-78(108)100-87(117)99-72)98-82(112)64(49-102)46-77(107)71(42-58-15-12-34-91-48-58)97-81(111)62(37-54-21-28-65(88)29-22-54)44-75(105)69(93-53(6)103)41-57-20-27-59-16-10-11-17-60(59)39-57/h10-12,15-17,20-34,39,48,50-52,61-64,68-73,102H,7-9,13-14,18-19,35-38,40-47,49H2,1-6H3,(H2,89,109)(H,92,114)(H,93,103)(H,94,113)(H,96,110)(H,97,111)(H,98,112)(H3,90,95,116)(H2,99,100,108,117)/t52-,61-,62+,63+,64+,68+,69-,70+,71-,72-,73+/m1/s1. The third kappa shape index (κ3) is 29.0. The molecule has 13 amide bonds. The number of carbonyl (C=O) groups excluding carboxylic acids is 15. The quantitative estimate of drug-likeness (QED) is 0.0167. The minimum atomic E-state index is -1.62. The highest BCUT2D eigenvalue weighted by Gasteiger charge is 2.41. The summed E-state index contributed by atoms with van der Waals surface area (Å²) in [5, 5.41) is 37.0. The molecular formula is C87H108ClN13O16. The number of ketones is 4. The minimum absolute atomic E-state index is 0.0349. The number of rotatable bonds is 45. The molecule has 8 rings (SSSR count). The lowest BCUT2D eigenvalue weighted by molar-refractivity contribution is -0.144. The molecule has 5 aromatic carbocycles. The molecule has 6 aromatic rings. The summed E-state index contributed by atoms with van der Waals surface area (Å²) in [6.45, 7) is 9.83. The number of Topliss-reactive ketones (excluding diaryl/α,β-unsaturated/α-hetero) is 4. The second-order valence-corrected chi connectivity index (χ2v) is 31.8. The van der Waals surface area contributed by atoms with Crippen molar-refractivity contribution in [1.82, 2.24) is 47.1 Å². The highest BCUT2D eigenvalue weighted by molar-refractivity contribution is 6.30. The number of hydrogen-bond acceptors (Lipinski definition) is 17. The van der Waals surface area contributed by atoms with E-state index in [9.17, 15) is 48.3 Å². The van der Waals surface area contributed by atoms with Crippen LogP contribution < -0.4 is 59.3 Å². The van der Waals surface area contributed by atoms with E-state index in [1.807, 2.05) is 56.3 Å². The van der Waals surface area contributed by atoms with E-state index in [4.69, 9.17) is 23.1 Å². The number of aliphatic hydroxyl groups is 1. The summed E-state index contributed by atoms with van der Waals surface area (Å²) in [4.78, 5) is 215. The number of aromatic nitrogens is 1. The second kappa shape index (κ2) is 44.5. The number of unbranched alkanes of at least 4 members (excludes halogenated alkanes) is 2. The molecule has 29 nitrogen and oxygen atoms in total. The Hall–Kier alpha value is -11.6. The van der Waals surface area contributed by atoms with Gasteiger partial charge in [0, 0.05) is 92.1 Å². The molecule has 0 unspecified atom stereocenters. The zero-order chi connectivity index (χ0) is 85.0. The van der Waals surface area contributed by atoms with E-state index >= 15 is 28.8 Å². The number of hydrogen-bond donors (Lipinski definition) is 12. The number of halogens is 1. The fourth-order valence-electron chi connectivity index (χ4n) is 14.6. The summed E-state index contributed by atoms with van der Waals surface area (Å²) in [5.41, 5.74) is 14.1. The van der Waals surface area contributed by atoms with Crippen molar-refractivity contribution >= 4 is 122 Å². The van der Waals surface area contributed by atoms with Crippen molar-refractivity contribution in [2.45, 2.75) is 199 Å². The molecule has 0 bridgehead atoms. The molecule has 14 N–H and O–H groups in total. The van der Waals surface area contributed by atoms with Crippen LogP contribution in [0.25, 0.3) is 10.8 Å². The van der Waals surface area contributed by atoms with Crippen LogP contribution in [0.3, 0.4) is 0 Å². The summed E-state index contributed by atoms with van der Waals surface area (Å²) in [6.07, 6.45) is 4.09. The number of nitrogens with two attached hydrogens (primary N) is 2. The van der Waals surface area contributed by atoms with Gasteiger partial charge < -0.3 is 64.0 Å². The lowest BCUT2D eigenvalue weighted by Gasteiger charge is -2.30. The maximum absolute atomic E-state index is 15.6. The number of anilines is 2. The summed E-state index contributed by atoms with van der Waals surface area (Å²) in [7, 11) is 0. The average Bonchev–Trinajstić information content (AvgIpc) is 1.81. The Bertz CT molecular complexity index is 4510. The monoisotopic (exact) mass is 1630 g/mol. The first-order valence-corrected chi connectivity index (χ1v) is 40.2. The van der Waals surface area contributed by atoms with E-state index < -0.39 is 180 Å². The van der Waals surface area contributed by atoms with Gasteiger partial charge in [-0.05, 0) is 151 Å². The third-order valence-corrected chi connectivity index (χ3v) is 21.2. The lowest BCUT2D eigenvalue weighted by atomic mass is 9.87. The first kappa shape index (κ1) is 90.9. The molecule has 624 valence electrons. The molecule has 1 aromatic heterocycles. The second-order valence-electron chi connectivity index (χ2n) is 31.4. The number of primary amides is 2. The van der Waals surface area contributed by atoms with E-state index in [1.165, 1.54) is 67.5 Å². The van der Waals surface area contributed by atoms with Gasteiger partial charge in [-0.25, -0.2) is 9.59 Å². The van der Waals surface area contributed by atoms with E-state index in [0.29, 0.717) is 58.1 Å². The number of imide groups is 1. The summed E-state index contributed by atoms with van der Waals surface area (Å²) >= 11 is 6.30. The zero-order valence-electron chi connectivity index (χ0n) is 66.9. The molecular weight excluding hydrogens is 1520 g/mol. The van der Waals surface area contributed by atoms with Crippen LogP contribution in [-0.2, 0) is 94.4 Å². The van der Waals surface area contributed by atoms with E-state index in [2.05, 4.69) is 66.7 Å². The van der Waals surface area contributed by atoms with Crippen LogP contribution in [0.4, 0.5) is 21.0 Å². The molecule has 2 aliphatic rings. The smallest absolute Gasteiger partial charge is 0.322 e. The van der Waals surface area contributed by atoms with Crippen molar-refractivity contribution in [3.63, 3.8) is 0 Å². The minimum Gasteiger partial charge on any atom is -0.396 e. The predicted molar refractivity (Wildman–Crippen MR) is 440 cm³/mol. The maximum atomic E-state index is 15.6. The van der Waals surface area contributed by atoms with Gasteiger partial charge in [0.1, 0.15) is 18.1 Å². The number of carbonyl (C=O) groups is 15. The van der Waals surface area contributed by atoms with Crippen molar-refractivity contribution in [3.8, 4) is 0 Å². The molecule has 117 heavy (non-hydrogen) atoms. The number of nitrogens with zero attached hydrogens (tertiary/aromatic N) is 2. The van der Waals surface area contributed by atoms with Crippen LogP contribution in [0.15, 0.2) is 140 Å². The fourth-order valence-corrected chi connectivity index (χ4v) is 14.7. The van der Waals surface area contributed by atoms with E-state index in [0.717, 1.165) is 35.6 Å². The number of urea groups is 2. The Morgan fingerprint density at radius 1 is 0.538 bits per heavy atom. The van der Waals surface area contributed by atoms with Crippen LogP contribution in [-0.4, -0.2) is 159 Å². The molecule has 2 aliphatic heterocycles. The molecule has 0 saturated carbocycles. The summed E-state index contributed by atoms with van der Waals surface area (Å²) in [6, 6.07) is 25.2.